The van der Waals surface area contributed by atoms with E-state index in [9.17, 15) is 19.2 Å². The predicted molar refractivity (Wildman–Crippen MR) is 181 cm³/mol. The van der Waals surface area contributed by atoms with Crippen molar-refractivity contribution in [2.24, 2.45) is 0 Å². The Morgan fingerprint density at radius 3 is 2.48 bits per heavy atom. The first-order chi connectivity index (χ1) is 22.1. The second-order valence-electron chi connectivity index (χ2n) is 12.0. The summed E-state index contributed by atoms with van der Waals surface area (Å²) in [4.78, 5) is 55.8. The van der Waals surface area contributed by atoms with Gasteiger partial charge in [-0.3, -0.25) is 9.59 Å². The van der Waals surface area contributed by atoms with Gasteiger partial charge in [-0.15, -0.1) is 0 Å². The lowest BCUT2D eigenvalue weighted by Gasteiger charge is -2.47. The van der Waals surface area contributed by atoms with E-state index in [-0.39, 0.29) is 36.4 Å². The first-order valence-corrected chi connectivity index (χ1v) is 17.0. The molecule has 46 heavy (non-hydrogen) atoms. The molecular weight excluding hydrogens is 744 g/mol. The number of ether oxygens (including phenoxy) is 1. The van der Waals surface area contributed by atoms with Crippen LogP contribution in [-0.4, -0.2) is 66.0 Å². The maximum Gasteiger partial charge on any atom is 0.328 e. The molecule has 3 fully saturated rings. The molecular formula is C33H30Cl2IN5O5. The van der Waals surface area contributed by atoms with Crippen LogP contribution >= 0.6 is 45.8 Å². The number of carbonyl (C=O) groups excluding carboxylic acids is 4. The Morgan fingerprint density at radius 1 is 0.957 bits per heavy atom. The highest BCUT2D eigenvalue weighted by atomic mass is 127. The lowest BCUT2D eigenvalue weighted by atomic mass is 9.59. The van der Waals surface area contributed by atoms with Crippen LogP contribution in [0.2, 0.25) is 10.0 Å². The number of urea groups is 2. The first-order valence-electron chi connectivity index (χ1n) is 15.1. The van der Waals surface area contributed by atoms with Crippen molar-refractivity contribution in [1.29, 1.82) is 0 Å². The number of nitrogens with one attached hydrogen (secondary N) is 3. The molecule has 0 saturated carbocycles. The summed E-state index contributed by atoms with van der Waals surface area (Å²) < 4.78 is 7.56. The summed E-state index contributed by atoms with van der Waals surface area (Å²) in [6.07, 6.45) is 0.968. The molecule has 3 N–H and O–H groups in total. The molecule has 7 rings (SSSR count). The van der Waals surface area contributed by atoms with Gasteiger partial charge in [0.2, 0.25) is 11.8 Å². The summed E-state index contributed by atoms with van der Waals surface area (Å²) in [5.41, 5.74) is 1.55. The fourth-order valence-corrected chi connectivity index (χ4v) is 8.18. The standard InChI is InChI=1S/C33H30Cl2IN5O5/c34-19-3-1-2-18(14-19)25-17-28(42)39-29(33(25)24-6-4-20(35)15-26(24)38-30(33)43)23-16-21(36)5-7-27(23)46-22-8-11-40(12-9-22)32(45)41-13-10-37-31(41)44/h1-7,14-16,22,25,29H,8-13,17H2,(H,37,44)(H,38,43)(H,39,42). The van der Waals surface area contributed by atoms with Crippen LogP contribution in [0.4, 0.5) is 15.3 Å². The maximum atomic E-state index is 14.4. The molecule has 0 aliphatic carbocycles. The summed E-state index contributed by atoms with van der Waals surface area (Å²) in [5.74, 6) is -0.438. The van der Waals surface area contributed by atoms with E-state index in [1.54, 1.807) is 23.1 Å². The van der Waals surface area contributed by atoms with Gasteiger partial charge in [-0.2, -0.15) is 0 Å². The Labute approximate surface area is 289 Å². The molecule has 0 radical (unpaired) electrons. The third kappa shape index (κ3) is 5.35. The number of benzene rings is 3. The molecule has 0 aromatic heterocycles. The zero-order chi connectivity index (χ0) is 32.2. The molecule has 3 aromatic rings. The molecule has 0 bridgehead atoms. The van der Waals surface area contributed by atoms with Crippen LogP contribution in [0.5, 0.6) is 5.75 Å². The van der Waals surface area contributed by atoms with Crippen molar-refractivity contribution in [3.63, 3.8) is 0 Å². The van der Waals surface area contributed by atoms with Gasteiger partial charge in [-0.1, -0.05) is 41.4 Å². The van der Waals surface area contributed by atoms with Gasteiger partial charge < -0.3 is 25.6 Å². The minimum atomic E-state index is -1.24. The smallest absolute Gasteiger partial charge is 0.328 e. The number of carbonyl (C=O) groups is 4. The Kier molecular flexibility index (Phi) is 8.26. The molecule has 3 atom stereocenters. The minimum absolute atomic E-state index is 0.0774. The van der Waals surface area contributed by atoms with Crippen molar-refractivity contribution in [3.05, 3.63) is 91.0 Å². The number of imide groups is 1. The number of likely N-dealkylation sites (tertiary alicyclic amines) is 1. The molecule has 10 nitrogen and oxygen atoms in total. The van der Waals surface area contributed by atoms with Crippen LogP contribution in [-0.2, 0) is 15.0 Å². The average molecular weight is 774 g/mol. The molecule has 238 valence electrons. The quantitative estimate of drug-likeness (QED) is 0.289. The Bertz CT molecular complexity index is 1770. The SMILES string of the molecule is O=C1CC(c2cccc(Cl)c2)C2(C(=O)Nc3cc(Cl)ccc32)C(c2cc(I)ccc2OC2CCN(C(=O)N3CCNC3=O)CC2)N1. The number of halogens is 3. The Hall–Kier alpha value is -3.55. The molecule has 3 saturated heterocycles. The van der Waals surface area contributed by atoms with E-state index in [0.29, 0.717) is 66.1 Å². The van der Waals surface area contributed by atoms with Crippen molar-refractivity contribution in [3.8, 4) is 5.75 Å². The van der Waals surface area contributed by atoms with Gasteiger partial charge >= 0.3 is 12.1 Å². The van der Waals surface area contributed by atoms with Crippen LogP contribution in [0.3, 0.4) is 0 Å². The number of fused-ring (bicyclic) bond motifs is 2. The van der Waals surface area contributed by atoms with Gasteiger partial charge in [-0.05, 0) is 76.2 Å². The normalized spacial score (nSPS) is 24.5. The molecule has 13 heteroatoms. The van der Waals surface area contributed by atoms with Gasteiger partial charge in [0.25, 0.3) is 0 Å². The highest BCUT2D eigenvalue weighted by Crippen LogP contribution is 2.58. The van der Waals surface area contributed by atoms with Crippen LogP contribution in [0, 0.1) is 3.57 Å². The molecule has 3 unspecified atom stereocenters. The van der Waals surface area contributed by atoms with Crippen LogP contribution in [0.25, 0.3) is 0 Å². The third-order valence-electron chi connectivity index (χ3n) is 9.38. The van der Waals surface area contributed by atoms with Crippen LogP contribution < -0.4 is 20.7 Å². The highest BCUT2D eigenvalue weighted by molar-refractivity contribution is 14.1. The average Bonchev–Trinajstić information content (AvgIpc) is 3.59. The summed E-state index contributed by atoms with van der Waals surface area (Å²) >= 11 is 15.0. The maximum absolute atomic E-state index is 14.4. The van der Waals surface area contributed by atoms with E-state index in [4.69, 9.17) is 27.9 Å². The van der Waals surface area contributed by atoms with Gasteiger partial charge in [0, 0.05) is 76.2 Å². The lowest BCUT2D eigenvalue weighted by molar-refractivity contribution is -0.131. The monoisotopic (exact) mass is 773 g/mol. The van der Waals surface area contributed by atoms with Crippen LogP contribution in [0.15, 0.2) is 60.7 Å². The number of nitrogens with zero attached hydrogens (tertiary/aromatic N) is 2. The highest BCUT2D eigenvalue weighted by Gasteiger charge is 2.61. The lowest BCUT2D eigenvalue weighted by Crippen LogP contribution is -2.57. The largest absolute Gasteiger partial charge is 0.490 e. The number of rotatable bonds is 4. The summed E-state index contributed by atoms with van der Waals surface area (Å²) in [6.45, 7) is 1.68. The van der Waals surface area contributed by atoms with Crippen molar-refractivity contribution in [2.75, 3.05) is 31.5 Å². The van der Waals surface area contributed by atoms with Crippen molar-refractivity contribution in [1.82, 2.24) is 20.4 Å². The minimum Gasteiger partial charge on any atom is -0.490 e. The van der Waals surface area contributed by atoms with E-state index < -0.39 is 17.4 Å². The van der Waals surface area contributed by atoms with Crippen molar-refractivity contribution >= 4 is 75.4 Å². The van der Waals surface area contributed by atoms with Gasteiger partial charge in [0.1, 0.15) is 17.3 Å². The molecule has 6 amide bonds. The number of hydrogen-bond acceptors (Lipinski definition) is 5. The van der Waals surface area contributed by atoms with Crippen molar-refractivity contribution < 1.29 is 23.9 Å². The number of anilines is 1. The number of piperidine rings is 2. The Morgan fingerprint density at radius 2 is 1.74 bits per heavy atom. The van der Waals surface area contributed by atoms with E-state index in [2.05, 4.69) is 38.5 Å². The summed E-state index contributed by atoms with van der Waals surface area (Å²) in [5, 5.41) is 9.91. The number of hydrogen-bond donors (Lipinski definition) is 3. The third-order valence-corrected chi connectivity index (χ3v) is 10.5. The molecule has 4 heterocycles. The van der Waals surface area contributed by atoms with Gasteiger partial charge in [-0.25, -0.2) is 14.5 Å². The van der Waals surface area contributed by atoms with E-state index in [1.807, 2.05) is 42.5 Å². The zero-order valence-electron chi connectivity index (χ0n) is 24.5. The van der Waals surface area contributed by atoms with E-state index in [0.717, 1.165) is 14.7 Å². The predicted octanol–water partition coefficient (Wildman–Crippen LogP) is 5.82. The van der Waals surface area contributed by atoms with Gasteiger partial charge in [0.15, 0.2) is 0 Å². The summed E-state index contributed by atoms with van der Waals surface area (Å²) in [6, 6.07) is 17.0. The van der Waals surface area contributed by atoms with Crippen molar-refractivity contribution in [2.45, 2.75) is 42.7 Å². The summed E-state index contributed by atoms with van der Waals surface area (Å²) in [7, 11) is 0. The van der Waals surface area contributed by atoms with Crippen LogP contribution in [0.1, 0.15) is 47.9 Å². The molecule has 4 aliphatic rings. The van der Waals surface area contributed by atoms with E-state index in [1.165, 1.54) is 4.90 Å². The second kappa shape index (κ2) is 12.2. The fraction of sp³-hybridized carbons (Fsp3) is 0.333. The molecule has 1 spiro atoms. The zero-order valence-corrected chi connectivity index (χ0v) is 28.2. The molecule has 3 aromatic carbocycles. The fourth-order valence-electron chi connectivity index (χ4n) is 7.29. The number of amides is 6. The molecule has 4 aliphatic heterocycles. The second-order valence-corrected chi connectivity index (χ2v) is 14.1. The Balaban J connectivity index is 1.26. The topological polar surface area (TPSA) is 120 Å². The van der Waals surface area contributed by atoms with E-state index >= 15 is 0 Å². The van der Waals surface area contributed by atoms with Gasteiger partial charge in [0.05, 0.1) is 6.04 Å². The first kappa shape index (κ1) is 31.1.